The molecule has 47 heavy (non-hydrogen) atoms. The highest BCUT2D eigenvalue weighted by Gasteiger charge is 2.30. The van der Waals surface area contributed by atoms with Gasteiger partial charge in [0.1, 0.15) is 17.4 Å². The highest BCUT2D eigenvalue weighted by molar-refractivity contribution is 5.99. The minimum atomic E-state index is -0.835. The first-order chi connectivity index (χ1) is 21.7. The quantitative estimate of drug-likeness (QED) is 0.174. The summed E-state index contributed by atoms with van der Waals surface area (Å²) < 4.78 is 17.5. The number of aromatic nitrogens is 2. The molecule has 0 aliphatic rings. The predicted molar refractivity (Wildman–Crippen MR) is 186 cm³/mol. The maximum atomic E-state index is 14.3. The Morgan fingerprint density at radius 1 is 1.00 bits per heavy atom. The van der Waals surface area contributed by atoms with E-state index in [0.29, 0.717) is 41.0 Å². The molecule has 252 valence electrons. The van der Waals surface area contributed by atoms with Crippen molar-refractivity contribution in [3.63, 3.8) is 0 Å². The van der Waals surface area contributed by atoms with Crippen LogP contribution >= 0.6 is 0 Å². The van der Waals surface area contributed by atoms with Gasteiger partial charge in [-0.1, -0.05) is 97.7 Å². The molecule has 0 bridgehead atoms. The number of carbonyl (C=O) groups is 2. The number of carbonyl (C=O) groups excluding carboxylic acids is 2. The number of alkyl carbamates (subject to hydrolysis) is 1. The van der Waals surface area contributed by atoms with Crippen molar-refractivity contribution in [2.75, 3.05) is 4.90 Å². The van der Waals surface area contributed by atoms with Gasteiger partial charge in [-0.2, -0.15) is 0 Å². The molecule has 2 amide bonds. The Hall–Kier alpha value is -4.62. The number of nitrogens with zero attached hydrogens (tertiary/aromatic N) is 3. The van der Waals surface area contributed by atoms with E-state index in [9.17, 15) is 9.59 Å². The Morgan fingerprint density at radius 3 is 2.15 bits per heavy atom. The summed E-state index contributed by atoms with van der Waals surface area (Å²) in [5, 5.41) is 11.3. The fourth-order valence-corrected chi connectivity index (χ4v) is 4.55. The van der Waals surface area contributed by atoms with E-state index in [1.54, 1.807) is 25.7 Å². The van der Waals surface area contributed by atoms with E-state index < -0.39 is 17.7 Å². The summed E-state index contributed by atoms with van der Waals surface area (Å²) in [7, 11) is 0. The van der Waals surface area contributed by atoms with Crippen molar-refractivity contribution in [1.82, 2.24) is 15.5 Å². The number of aryl methyl sites for hydroxylation is 1. The second-order valence-electron chi connectivity index (χ2n) is 14.7. The van der Waals surface area contributed by atoms with Crippen LogP contribution in [-0.2, 0) is 26.2 Å². The van der Waals surface area contributed by atoms with E-state index in [1.807, 2.05) is 97.9 Å². The van der Waals surface area contributed by atoms with Gasteiger partial charge in [0.05, 0.1) is 6.54 Å². The van der Waals surface area contributed by atoms with Gasteiger partial charge < -0.3 is 24.1 Å². The zero-order valence-corrected chi connectivity index (χ0v) is 29.8. The van der Waals surface area contributed by atoms with Crippen LogP contribution in [0.25, 0.3) is 17.2 Å². The average molecular weight is 643 g/mol. The van der Waals surface area contributed by atoms with Crippen LogP contribution in [-0.4, -0.2) is 33.8 Å². The third kappa shape index (κ3) is 9.93. The molecule has 0 unspecified atom stereocenters. The molecule has 9 heteroatoms. The maximum absolute atomic E-state index is 14.3. The summed E-state index contributed by atoms with van der Waals surface area (Å²) in [6.07, 6.45) is -0.302. The highest BCUT2D eigenvalue weighted by Crippen LogP contribution is 2.32. The van der Waals surface area contributed by atoms with Crippen LogP contribution in [0.1, 0.15) is 98.2 Å². The van der Waals surface area contributed by atoms with Crippen molar-refractivity contribution in [2.45, 2.75) is 106 Å². The zero-order chi connectivity index (χ0) is 35.3. The molecule has 3 aromatic rings. The number of benzene rings is 2. The molecule has 0 saturated heterocycles. The van der Waals surface area contributed by atoms with E-state index in [4.69, 9.17) is 13.9 Å². The molecule has 0 aliphatic heterocycles. The Balaban J connectivity index is 2.02. The van der Waals surface area contributed by atoms with Gasteiger partial charge in [-0.3, -0.25) is 4.79 Å². The van der Waals surface area contributed by atoms with Gasteiger partial charge in [-0.05, 0) is 57.4 Å². The number of allylic oxidation sites excluding steroid dienone is 1. The number of anilines is 1. The van der Waals surface area contributed by atoms with Crippen LogP contribution in [0.4, 0.5) is 10.5 Å². The Morgan fingerprint density at radius 2 is 1.64 bits per heavy atom. The van der Waals surface area contributed by atoms with Crippen LogP contribution in [0.2, 0.25) is 0 Å². The summed E-state index contributed by atoms with van der Waals surface area (Å²) in [4.78, 5) is 28.7. The summed E-state index contributed by atoms with van der Waals surface area (Å²) in [5.74, 6) is 1.64. The first-order valence-corrected chi connectivity index (χ1v) is 15.9. The van der Waals surface area contributed by atoms with E-state index in [1.165, 1.54) is 0 Å². The van der Waals surface area contributed by atoms with Gasteiger partial charge >= 0.3 is 6.09 Å². The largest absolute Gasteiger partial charge is 0.453 e. The van der Waals surface area contributed by atoms with Gasteiger partial charge in [0, 0.05) is 27.6 Å². The van der Waals surface area contributed by atoms with Crippen molar-refractivity contribution in [2.24, 2.45) is 5.41 Å². The normalized spacial score (nSPS) is 12.5. The molecule has 0 radical (unpaired) electrons. The molecule has 9 nitrogen and oxygen atoms in total. The first-order valence-electron chi connectivity index (χ1n) is 15.9. The van der Waals surface area contributed by atoms with Crippen LogP contribution in [0.15, 0.2) is 71.5 Å². The number of ether oxygens (including phenoxy) is 2. The van der Waals surface area contributed by atoms with E-state index in [0.717, 1.165) is 16.7 Å². The topological polar surface area (TPSA) is 107 Å². The molecule has 1 atom stereocenters. The van der Waals surface area contributed by atoms with Gasteiger partial charge in [-0.25, -0.2) is 4.79 Å². The van der Waals surface area contributed by atoms with Gasteiger partial charge in [-0.15, -0.1) is 10.2 Å². The van der Waals surface area contributed by atoms with E-state index >= 15 is 0 Å². The van der Waals surface area contributed by atoms with Gasteiger partial charge in [0.15, 0.2) is 5.76 Å². The molecule has 1 N–H and O–H groups in total. The molecule has 1 heterocycles. The predicted octanol–water partition coefficient (Wildman–Crippen LogP) is 8.88. The fraction of sp³-hybridized carbons (Fsp3) is 0.447. The van der Waals surface area contributed by atoms with Gasteiger partial charge in [0.25, 0.3) is 0 Å². The van der Waals surface area contributed by atoms with Crippen molar-refractivity contribution in [1.29, 1.82) is 0 Å². The smallest absolute Gasteiger partial charge is 0.408 e. The van der Waals surface area contributed by atoms with Crippen LogP contribution < -0.4 is 10.2 Å². The van der Waals surface area contributed by atoms with E-state index in [2.05, 4.69) is 34.4 Å². The molecule has 1 aromatic heterocycles. The second-order valence-corrected chi connectivity index (χ2v) is 14.7. The number of hydrogen-bond acceptors (Lipinski definition) is 7. The van der Waals surface area contributed by atoms with Crippen LogP contribution in [0.5, 0.6) is 0 Å². The minimum Gasteiger partial charge on any atom is -0.453 e. The molecule has 0 fully saturated rings. The lowest BCUT2D eigenvalue weighted by atomic mass is 9.94. The van der Waals surface area contributed by atoms with Crippen molar-refractivity contribution in [3.05, 3.63) is 89.7 Å². The Bertz CT molecular complexity index is 1640. The number of hydrogen-bond donors (Lipinski definition) is 1. The van der Waals surface area contributed by atoms with Crippen LogP contribution in [0.3, 0.4) is 0 Å². The molecular formula is C38H50N4O5. The number of nitrogens with one attached hydrogen (secondary N) is 1. The monoisotopic (exact) mass is 642 g/mol. The molecule has 0 saturated carbocycles. The molecule has 0 spiro atoms. The molecule has 2 aromatic carbocycles. The Labute approximate surface area is 279 Å². The SMILES string of the molecule is C=C=C(OC(=C)c1ccc(CN(C(=O)[C@H](CC)NC(=O)OC(C)(C)C)c2cc(-c3nnc(C(C)(C)C)o3)ccc2C)cc1)C(C)(C)C. The lowest BCUT2D eigenvalue weighted by molar-refractivity contribution is -0.120. The third-order valence-electron chi connectivity index (χ3n) is 7.16. The van der Waals surface area contributed by atoms with Crippen molar-refractivity contribution in [3.8, 4) is 11.5 Å². The second kappa shape index (κ2) is 14.4. The lowest BCUT2D eigenvalue weighted by Gasteiger charge is -2.30. The lowest BCUT2D eigenvalue weighted by Crippen LogP contribution is -2.49. The van der Waals surface area contributed by atoms with Crippen LogP contribution in [0, 0.1) is 12.3 Å². The van der Waals surface area contributed by atoms with E-state index in [-0.39, 0.29) is 23.3 Å². The average Bonchev–Trinajstić information content (AvgIpc) is 3.47. The molecule has 0 aliphatic carbocycles. The molecule has 3 rings (SSSR count). The first kappa shape index (κ1) is 36.8. The van der Waals surface area contributed by atoms with Crippen molar-refractivity contribution >= 4 is 23.4 Å². The number of amides is 2. The summed E-state index contributed by atoms with van der Waals surface area (Å²) in [6, 6.07) is 12.5. The van der Waals surface area contributed by atoms with Crippen molar-refractivity contribution < 1.29 is 23.5 Å². The third-order valence-corrected chi connectivity index (χ3v) is 7.16. The fourth-order valence-electron chi connectivity index (χ4n) is 4.55. The maximum Gasteiger partial charge on any atom is 0.408 e. The minimum absolute atomic E-state index is 0.222. The zero-order valence-electron chi connectivity index (χ0n) is 29.8. The summed E-state index contributed by atoms with van der Waals surface area (Å²) >= 11 is 0. The Kier molecular flexibility index (Phi) is 11.3. The standard InChI is InChI=1S/C38H50N4O5/c1-14-29(39-35(44)47-38(11,12)13)33(43)42(23-26-17-20-27(21-18-26)25(4)45-31(15-2)36(5,6)7)30-22-28(19-16-24(30)3)32-40-41-34(46-32)37(8,9)10/h16-22,29H,2,4,14,23H2,1,3,5-13H3,(H,39,44)/t29-/m0/s1. The summed E-state index contributed by atoms with van der Waals surface area (Å²) in [5.41, 5.74) is 5.38. The summed E-state index contributed by atoms with van der Waals surface area (Å²) in [6.45, 7) is 29.2. The number of rotatable bonds is 10. The molecular weight excluding hydrogens is 592 g/mol. The highest BCUT2D eigenvalue weighted by atomic mass is 16.6. The van der Waals surface area contributed by atoms with Gasteiger partial charge in [0.2, 0.25) is 17.7 Å².